The second kappa shape index (κ2) is 5.99. The molecule has 0 aliphatic rings. The van der Waals surface area contributed by atoms with Crippen LogP contribution in [0.4, 0.5) is 5.69 Å². The van der Waals surface area contributed by atoms with E-state index in [4.69, 9.17) is 5.73 Å². The maximum atomic E-state index is 11.9. The average Bonchev–Trinajstić information content (AvgIpc) is 2.39. The summed E-state index contributed by atoms with van der Waals surface area (Å²) in [6, 6.07) is 7.33. The third-order valence-electron chi connectivity index (χ3n) is 2.82. The van der Waals surface area contributed by atoms with Crippen molar-refractivity contribution < 1.29 is 8.42 Å². The summed E-state index contributed by atoms with van der Waals surface area (Å²) < 4.78 is 26.5. The van der Waals surface area contributed by atoms with Crippen molar-refractivity contribution in [3.63, 3.8) is 0 Å². The summed E-state index contributed by atoms with van der Waals surface area (Å²) in [7, 11) is -3.33. The van der Waals surface area contributed by atoms with Crippen molar-refractivity contribution in [3.8, 4) is 0 Å². The minimum Gasteiger partial charge on any atom is -0.330 e. The number of hydrogen-bond acceptors (Lipinski definition) is 4. The molecule has 1 heterocycles. The fourth-order valence-corrected chi connectivity index (χ4v) is 3.06. The molecule has 1 aromatic carbocycles. The van der Waals surface area contributed by atoms with E-state index >= 15 is 0 Å². The van der Waals surface area contributed by atoms with E-state index in [-0.39, 0.29) is 5.75 Å². The average molecular weight is 279 g/mol. The number of anilines is 1. The van der Waals surface area contributed by atoms with Crippen LogP contribution in [-0.2, 0) is 10.0 Å². The summed E-state index contributed by atoms with van der Waals surface area (Å²) in [5.74, 6) is 0.0842. The summed E-state index contributed by atoms with van der Waals surface area (Å²) in [5.41, 5.74) is 5.93. The minimum absolute atomic E-state index is 0.0842. The van der Waals surface area contributed by atoms with Crippen LogP contribution in [0.15, 0.2) is 36.7 Å². The Morgan fingerprint density at radius 3 is 2.84 bits per heavy atom. The Bertz CT molecular complexity index is 650. The van der Waals surface area contributed by atoms with Gasteiger partial charge >= 0.3 is 0 Å². The van der Waals surface area contributed by atoms with Crippen LogP contribution in [0.3, 0.4) is 0 Å². The Morgan fingerprint density at radius 1 is 1.21 bits per heavy atom. The first-order valence-corrected chi connectivity index (χ1v) is 7.81. The molecule has 0 amide bonds. The number of unbranched alkanes of at least 4 members (excludes halogenated alkanes) is 1. The molecule has 0 fully saturated rings. The first kappa shape index (κ1) is 13.8. The van der Waals surface area contributed by atoms with Gasteiger partial charge in [0.2, 0.25) is 10.0 Å². The van der Waals surface area contributed by atoms with Gasteiger partial charge in [-0.2, -0.15) is 0 Å². The highest BCUT2D eigenvalue weighted by molar-refractivity contribution is 7.92. The van der Waals surface area contributed by atoms with Crippen LogP contribution in [0.2, 0.25) is 0 Å². The Kier molecular flexibility index (Phi) is 4.34. The SMILES string of the molecule is NCCCCS(=O)(=O)Nc1cccc2ccncc12. The number of benzene rings is 1. The van der Waals surface area contributed by atoms with Gasteiger partial charge in [0.15, 0.2) is 0 Å². The number of rotatable bonds is 6. The monoisotopic (exact) mass is 279 g/mol. The van der Waals surface area contributed by atoms with Gasteiger partial charge in [0.1, 0.15) is 0 Å². The summed E-state index contributed by atoms with van der Waals surface area (Å²) in [5, 5.41) is 1.75. The van der Waals surface area contributed by atoms with E-state index in [1.807, 2.05) is 18.2 Å². The van der Waals surface area contributed by atoms with Crippen molar-refractivity contribution in [3.05, 3.63) is 36.7 Å². The predicted octanol–water partition coefficient (Wildman–Crippen LogP) is 1.72. The molecule has 0 saturated carbocycles. The van der Waals surface area contributed by atoms with Crippen molar-refractivity contribution >= 4 is 26.5 Å². The zero-order valence-electron chi connectivity index (χ0n) is 10.5. The van der Waals surface area contributed by atoms with E-state index in [1.54, 1.807) is 18.5 Å². The second-order valence-electron chi connectivity index (χ2n) is 4.32. The number of fused-ring (bicyclic) bond motifs is 1. The standard InChI is InChI=1S/C13H17N3O2S/c14-7-1-2-9-19(17,18)16-13-5-3-4-11-6-8-15-10-12(11)13/h3-6,8,10,16H,1-2,7,9,14H2. The van der Waals surface area contributed by atoms with E-state index < -0.39 is 10.0 Å². The highest BCUT2D eigenvalue weighted by Gasteiger charge is 2.11. The van der Waals surface area contributed by atoms with E-state index in [1.165, 1.54) is 0 Å². The van der Waals surface area contributed by atoms with Crippen LogP contribution in [0.1, 0.15) is 12.8 Å². The van der Waals surface area contributed by atoms with Crippen LogP contribution >= 0.6 is 0 Å². The molecule has 0 bridgehead atoms. The van der Waals surface area contributed by atoms with Gasteiger partial charge in [-0.05, 0) is 36.9 Å². The molecule has 0 radical (unpaired) electrons. The third kappa shape index (κ3) is 3.65. The molecule has 0 saturated heterocycles. The summed E-state index contributed by atoms with van der Waals surface area (Å²) in [4.78, 5) is 4.03. The number of nitrogens with zero attached hydrogens (tertiary/aromatic N) is 1. The van der Waals surface area contributed by atoms with Gasteiger partial charge in [-0.1, -0.05) is 12.1 Å². The molecule has 6 heteroatoms. The number of nitrogens with two attached hydrogens (primary N) is 1. The van der Waals surface area contributed by atoms with Gasteiger partial charge < -0.3 is 5.73 Å². The number of pyridine rings is 1. The lowest BCUT2D eigenvalue weighted by atomic mass is 10.1. The smallest absolute Gasteiger partial charge is 0.232 e. The van der Waals surface area contributed by atoms with Crippen molar-refractivity contribution in [2.75, 3.05) is 17.0 Å². The predicted molar refractivity (Wildman–Crippen MR) is 77.4 cm³/mol. The Balaban J connectivity index is 2.21. The van der Waals surface area contributed by atoms with Crippen LogP contribution in [0.5, 0.6) is 0 Å². The van der Waals surface area contributed by atoms with Crippen molar-refractivity contribution in [2.24, 2.45) is 5.73 Å². The minimum atomic E-state index is -3.33. The third-order valence-corrected chi connectivity index (χ3v) is 4.17. The largest absolute Gasteiger partial charge is 0.330 e. The Labute approximate surface area is 112 Å². The molecule has 0 unspecified atom stereocenters. The lowest BCUT2D eigenvalue weighted by molar-refractivity contribution is 0.597. The first-order valence-electron chi connectivity index (χ1n) is 6.16. The normalized spacial score (nSPS) is 11.6. The topological polar surface area (TPSA) is 85.1 Å². The van der Waals surface area contributed by atoms with E-state index in [2.05, 4.69) is 9.71 Å². The fourth-order valence-electron chi connectivity index (χ4n) is 1.86. The molecule has 102 valence electrons. The molecule has 0 spiro atoms. The van der Waals surface area contributed by atoms with Gasteiger partial charge in [0.05, 0.1) is 11.4 Å². The highest BCUT2D eigenvalue weighted by Crippen LogP contribution is 2.23. The molecule has 19 heavy (non-hydrogen) atoms. The van der Waals surface area contributed by atoms with E-state index in [0.29, 0.717) is 25.1 Å². The molecule has 0 atom stereocenters. The summed E-state index contributed by atoms with van der Waals surface area (Å²) >= 11 is 0. The molecule has 2 aromatic rings. The van der Waals surface area contributed by atoms with Crippen molar-refractivity contribution in [1.29, 1.82) is 0 Å². The molecule has 0 aliphatic carbocycles. The number of hydrogen-bond donors (Lipinski definition) is 2. The lowest BCUT2D eigenvalue weighted by Crippen LogP contribution is -2.17. The van der Waals surface area contributed by atoms with Gasteiger partial charge in [-0.3, -0.25) is 9.71 Å². The molecule has 0 aliphatic heterocycles. The maximum Gasteiger partial charge on any atom is 0.232 e. The van der Waals surface area contributed by atoms with Gasteiger partial charge in [-0.15, -0.1) is 0 Å². The van der Waals surface area contributed by atoms with E-state index in [9.17, 15) is 8.42 Å². The van der Waals surface area contributed by atoms with E-state index in [0.717, 1.165) is 10.8 Å². The molecule has 3 N–H and O–H groups in total. The maximum absolute atomic E-state index is 11.9. The Hall–Kier alpha value is -1.66. The second-order valence-corrected chi connectivity index (χ2v) is 6.16. The van der Waals surface area contributed by atoms with Gasteiger partial charge in [-0.25, -0.2) is 8.42 Å². The zero-order chi connectivity index (χ0) is 13.7. The quantitative estimate of drug-likeness (QED) is 0.788. The zero-order valence-corrected chi connectivity index (χ0v) is 11.4. The van der Waals surface area contributed by atoms with Crippen LogP contribution in [0, 0.1) is 0 Å². The first-order chi connectivity index (χ1) is 9.12. The Morgan fingerprint density at radius 2 is 2.05 bits per heavy atom. The highest BCUT2D eigenvalue weighted by atomic mass is 32.2. The summed E-state index contributed by atoms with van der Waals surface area (Å²) in [6.45, 7) is 0.508. The number of sulfonamides is 1. The number of aromatic nitrogens is 1. The fraction of sp³-hybridized carbons (Fsp3) is 0.308. The molecule has 5 nitrogen and oxygen atoms in total. The molecular weight excluding hydrogens is 262 g/mol. The van der Waals surface area contributed by atoms with Gasteiger partial charge in [0.25, 0.3) is 0 Å². The molecule has 1 aromatic heterocycles. The molecular formula is C13H17N3O2S. The molecule has 2 rings (SSSR count). The van der Waals surface area contributed by atoms with Crippen LogP contribution in [0.25, 0.3) is 10.8 Å². The van der Waals surface area contributed by atoms with Crippen molar-refractivity contribution in [2.45, 2.75) is 12.8 Å². The van der Waals surface area contributed by atoms with Crippen LogP contribution in [-0.4, -0.2) is 25.7 Å². The van der Waals surface area contributed by atoms with Crippen molar-refractivity contribution in [1.82, 2.24) is 4.98 Å². The number of nitrogens with one attached hydrogen (secondary N) is 1. The van der Waals surface area contributed by atoms with Crippen LogP contribution < -0.4 is 10.5 Å². The summed E-state index contributed by atoms with van der Waals surface area (Å²) in [6.07, 6.45) is 4.61. The van der Waals surface area contributed by atoms with Gasteiger partial charge in [0, 0.05) is 17.8 Å². The lowest BCUT2D eigenvalue weighted by Gasteiger charge is -2.10.